The lowest BCUT2D eigenvalue weighted by molar-refractivity contribution is 0.259. The highest BCUT2D eigenvalue weighted by Crippen LogP contribution is 2.31. The Morgan fingerprint density at radius 2 is 1.93 bits per heavy atom. The largest absolute Gasteiger partial charge is 0.494 e. The highest BCUT2D eigenvalue weighted by molar-refractivity contribution is 5.89. The van der Waals surface area contributed by atoms with Gasteiger partial charge in [0.05, 0.1) is 19.9 Å². The average Bonchev–Trinajstić information content (AvgIpc) is 2.17. The Hall–Kier alpha value is -1.98. The first-order chi connectivity index (χ1) is 7.08. The molecule has 0 aliphatic rings. The second-order valence-corrected chi connectivity index (χ2v) is 2.68. The van der Waals surface area contributed by atoms with Crippen molar-refractivity contribution in [2.24, 2.45) is 5.73 Å². The molecule has 0 fully saturated rings. The summed E-state index contributed by atoms with van der Waals surface area (Å²) in [5.41, 5.74) is 5.07. The number of urea groups is 1. The van der Waals surface area contributed by atoms with E-state index in [0.29, 0.717) is 0 Å². The predicted octanol–water partition coefficient (Wildman–Crippen LogP) is 1.33. The molecule has 0 aromatic heterocycles. The first-order valence-corrected chi connectivity index (χ1v) is 4.06. The van der Waals surface area contributed by atoms with E-state index in [4.69, 9.17) is 15.2 Å². The molecule has 6 heteroatoms. The molecule has 3 N–H and O–H groups in total. The van der Waals surface area contributed by atoms with E-state index >= 15 is 0 Å². The molecular weight excluding hydrogens is 203 g/mol. The van der Waals surface area contributed by atoms with E-state index in [9.17, 15) is 9.18 Å². The van der Waals surface area contributed by atoms with Crippen LogP contribution in [0.2, 0.25) is 0 Å². The van der Waals surface area contributed by atoms with E-state index in [1.54, 1.807) is 0 Å². The van der Waals surface area contributed by atoms with Crippen LogP contribution in [0, 0.1) is 5.82 Å². The van der Waals surface area contributed by atoms with E-state index in [-0.39, 0.29) is 17.2 Å². The first kappa shape index (κ1) is 11.1. The van der Waals surface area contributed by atoms with Gasteiger partial charge in [-0.2, -0.15) is 0 Å². The van der Waals surface area contributed by atoms with Crippen LogP contribution < -0.4 is 20.5 Å². The van der Waals surface area contributed by atoms with Gasteiger partial charge in [0.1, 0.15) is 5.75 Å². The minimum absolute atomic E-state index is 0.0295. The number of carbonyl (C=O) groups excluding carboxylic acids is 1. The van der Waals surface area contributed by atoms with Crippen LogP contribution in [0.3, 0.4) is 0 Å². The fraction of sp³-hybridized carbons (Fsp3) is 0.222. The number of hydrogen-bond donors (Lipinski definition) is 2. The van der Waals surface area contributed by atoms with Crippen molar-refractivity contribution in [3.8, 4) is 11.5 Å². The Balaban J connectivity index is 3.15. The van der Waals surface area contributed by atoms with Gasteiger partial charge >= 0.3 is 6.03 Å². The van der Waals surface area contributed by atoms with E-state index in [1.165, 1.54) is 20.3 Å². The average molecular weight is 214 g/mol. The molecule has 0 heterocycles. The molecule has 0 bridgehead atoms. The zero-order chi connectivity index (χ0) is 11.4. The van der Waals surface area contributed by atoms with E-state index in [2.05, 4.69) is 5.32 Å². The van der Waals surface area contributed by atoms with E-state index in [0.717, 1.165) is 6.07 Å². The number of nitrogens with one attached hydrogen (secondary N) is 1. The number of primary amides is 1. The van der Waals surface area contributed by atoms with Gasteiger partial charge in [-0.05, 0) is 0 Å². The third-order valence-corrected chi connectivity index (χ3v) is 1.73. The van der Waals surface area contributed by atoms with Gasteiger partial charge in [-0.25, -0.2) is 9.18 Å². The molecule has 0 atom stereocenters. The van der Waals surface area contributed by atoms with Crippen molar-refractivity contribution in [2.45, 2.75) is 0 Å². The lowest BCUT2D eigenvalue weighted by Crippen LogP contribution is -2.19. The molecule has 2 amide bonds. The van der Waals surface area contributed by atoms with Crippen LogP contribution >= 0.6 is 0 Å². The number of ether oxygens (including phenoxy) is 2. The fourth-order valence-electron chi connectivity index (χ4n) is 1.09. The Morgan fingerprint density at radius 3 is 2.40 bits per heavy atom. The van der Waals surface area contributed by atoms with Crippen molar-refractivity contribution in [3.63, 3.8) is 0 Å². The lowest BCUT2D eigenvalue weighted by atomic mass is 10.2. The van der Waals surface area contributed by atoms with Crippen molar-refractivity contribution >= 4 is 11.7 Å². The number of rotatable bonds is 3. The summed E-state index contributed by atoms with van der Waals surface area (Å²) in [6, 6.07) is 1.60. The van der Waals surface area contributed by atoms with Crippen LogP contribution in [0.15, 0.2) is 12.1 Å². The maximum absolute atomic E-state index is 13.2. The van der Waals surface area contributed by atoms with Gasteiger partial charge < -0.3 is 20.5 Å². The van der Waals surface area contributed by atoms with Crippen LogP contribution in [0.4, 0.5) is 14.9 Å². The maximum atomic E-state index is 13.2. The van der Waals surface area contributed by atoms with Crippen LogP contribution in [-0.4, -0.2) is 20.3 Å². The number of amides is 2. The second kappa shape index (κ2) is 4.50. The molecule has 82 valence electrons. The molecule has 1 aromatic rings. The van der Waals surface area contributed by atoms with Crippen LogP contribution in [0.1, 0.15) is 0 Å². The third kappa shape index (κ3) is 2.49. The fourth-order valence-corrected chi connectivity index (χ4v) is 1.09. The van der Waals surface area contributed by atoms with Gasteiger partial charge in [-0.3, -0.25) is 0 Å². The van der Waals surface area contributed by atoms with Crippen molar-refractivity contribution in [3.05, 3.63) is 17.9 Å². The summed E-state index contributed by atoms with van der Waals surface area (Å²) < 4.78 is 22.9. The summed E-state index contributed by atoms with van der Waals surface area (Å²) in [5, 5.41) is 2.23. The summed E-state index contributed by atoms with van der Waals surface area (Å²) in [6.45, 7) is 0. The highest BCUT2D eigenvalue weighted by Gasteiger charge is 2.11. The van der Waals surface area contributed by atoms with Gasteiger partial charge in [-0.1, -0.05) is 0 Å². The summed E-state index contributed by atoms with van der Waals surface area (Å²) in [6.07, 6.45) is 0. The minimum Gasteiger partial charge on any atom is -0.494 e. The molecule has 0 aliphatic heterocycles. The third-order valence-electron chi connectivity index (χ3n) is 1.73. The van der Waals surface area contributed by atoms with Crippen molar-refractivity contribution in [1.29, 1.82) is 0 Å². The van der Waals surface area contributed by atoms with Gasteiger partial charge in [0, 0.05) is 12.1 Å². The van der Waals surface area contributed by atoms with Gasteiger partial charge in [0.15, 0.2) is 11.6 Å². The predicted molar refractivity (Wildman–Crippen MR) is 52.7 cm³/mol. The minimum atomic E-state index is -0.794. The maximum Gasteiger partial charge on any atom is 0.316 e. The molecule has 0 unspecified atom stereocenters. The highest BCUT2D eigenvalue weighted by atomic mass is 19.1. The number of benzene rings is 1. The summed E-state index contributed by atoms with van der Waals surface area (Å²) in [5.74, 6) is -0.309. The standard InChI is InChI=1S/C9H11FN2O3/c1-14-7-4-8(15-2)6(3-5(7)10)12-9(11)13/h3-4H,1-2H3,(H3,11,12,13). The Kier molecular flexibility index (Phi) is 3.33. The molecule has 0 spiro atoms. The first-order valence-electron chi connectivity index (χ1n) is 4.06. The van der Waals surface area contributed by atoms with Gasteiger partial charge in [0.25, 0.3) is 0 Å². The van der Waals surface area contributed by atoms with Gasteiger partial charge in [-0.15, -0.1) is 0 Å². The molecule has 0 aliphatic carbocycles. The molecule has 0 radical (unpaired) electrons. The number of methoxy groups -OCH3 is 2. The zero-order valence-electron chi connectivity index (χ0n) is 8.33. The summed E-state index contributed by atoms with van der Waals surface area (Å²) in [4.78, 5) is 10.6. The molecule has 0 saturated carbocycles. The number of carbonyl (C=O) groups is 1. The SMILES string of the molecule is COc1cc(OC)c(NC(N)=O)cc1F. The van der Waals surface area contributed by atoms with Crippen molar-refractivity contribution in [1.82, 2.24) is 0 Å². The zero-order valence-corrected chi connectivity index (χ0v) is 8.33. The Labute approximate surface area is 86.0 Å². The Morgan fingerprint density at radius 1 is 1.33 bits per heavy atom. The molecule has 0 saturated heterocycles. The number of nitrogens with two attached hydrogens (primary N) is 1. The number of anilines is 1. The normalized spacial score (nSPS) is 9.53. The van der Waals surface area contributed by atoms with Crippen molar-refractivity contribution < 1.29 is 18.7 Å². The monoisotopic (exact) mass is 214 g/mol. The lowest BCUT2D eigenvalue weighted by Gasteiger charge is -2.10. The second-order valence-electron chi connectivity index (χ2n) is 2.68. The Bertz CT molecular complexity index is 382. The summed E-state index contributed by atoms with van der Waals surface area (Å²) in [7, 11) is 2.72. The quantitative estimate of drug-likeness (QED) is 0.797. The summed E-state index contributed by atoms with van der Waals surface area (Å²) >= 11 is 0. The topological polar surface area (TPSA) is 73.6 Å². The molecule has 1 rings (SSSR count). The molecule has 15 heavy (non-hydrogen) atoms. The van der Waals surface area contributed by atoms with Crippen molar-refractivity contribution in [2.75, 3.05) is 19.5 Å². The molecule has 1 aromatic carbocycles. The van der Waals surface area contributed by atoms with Crippen LogP contribution in [0.25, 0.3) is 0 Å². The van der Waals surface area contributed by atoms with Gasteiger partial charge in [0.2, 0.25) is 0 Å². The van der Waals surface area contributed by atoms with E-state index < -0.39 is 11.8 Å². The molecule has 5 nitrogen and oxygen atoms in total. The smallest absolute Gasteiger partial charge is 0.316 e. The van der Waals surface area contributed by atoms with E-state index in [1.807, 2.05) is 0 Å². The van der Waals surface area contributed by atoms with Crippen LogP contribution in [0.5, 0.6) is 11.5 Å². The molecular formula is C9H11FN2O3. The van der Waals surface area contributed by atoms with Crippen LogP contribution in [-0.2, 0) is 0 Å². The number of halogens is 1. The number of hydrogen-bond acceptors (Lipinski definition) is 3.